The maximum Gasteiger partial charge on any atom is 0.244 e. The van der Waals surface area contributed by atoms with Crippen LogP contribution in [0.25, 0.3) is 6.08 Å². The van der Waals surface area contributed by atoms with E-state index >= 15 is 0 Å². The van der Waals surface area contributed by atoms with Gasteiger partial charge in [-0.15, -0.1) is 0 Å². The first-order valence-corrected chi connectivity index (χ1v) is 9.03. The Hall–Kier alpha value is -3.35. The van der Waals surface area contributed by atoms with Gasteiger partial charge in [0.2, 0.25) is 11.7 Å². The molecule has 0 atom stereocenters. The van der Waals surface area contributed by atoms with Crippen LogP contribution in [0.4, 0.5) is 0 Å². The van der Waals surface area contributed by atoms with Gasteiger partial charge in [0.05, 0.1) is 35.5 Å². The normalized spacial score (nSPS) is 10.5. The Bertz CT molecular complexity index is 863. The Morgan fingerprint density at radius 3 is 2.10 bits per heavy atom. The molecule has 7 nitrogen and oxygen atoms in total. The fourth-order valence-corrected chi connectivity index (χ4v) is 2.85. The lowest BCUT2D eigenvalue weighted by molar-refractivity contribution is -0.116. The summed E-state index contributed by atoms with van der Waals surface area (Å²) in [5.74, 6) is 2.67. The van der Waals surface area contributed by atoms with Crippen molar-refractivity contribution in [1.29, 1.82) is 0 Å². The molecule has 1 N–H and O–H groups in total. The van der Waals surface area contributed by atoms with E-state index in [9.17, 15) is 4.79 Å². The molecule has 7 heteroatoms. The predicted molar refractivity (Wildman–Crippen MR) is 111 cm³/mol. The van der Waals surface area contributed by atoms with E-state index in [4.69, 9.17) is 23.7 Å². The van der Waals surface area contributed by atoms with Crippen LogP contribution in [0, 0.1) is 0 Å². The molecule has 2 aromatic rings. The van der Waals surface area contributed by atoms with Gasteiger partial charge in [0.25, 0.3) is 0 Å². The monoisotopic (exact) mass is 401 g/mol. The molecule has 0 spiro atoms. The number of carbonyl (C=O) groups is 1. The summed E-state index contributed by atoms with van der Waals surface area (Å²) in [6.07, 6.45) is 3.80. The highest BCUT2D eigenvalue weighted by Gasteiger charge is 2.14. The molecule has 156 valence electrons. The van der Waals surface area contributed by atoms with Crippen LogP contribution in [-0.2, 0) is 11.2 Å². The molecule has 0 aliphatic carbocycles. The van der Waals surface area contributed by atoms with E-state index in [1.165, 1.54) is 20.3 Å². The number of benzene rings is 2. The average molecular weight is 401 g/mol. The highest BCUT2D eigenvalue weighted by molar-refractivity contribution is 5.92. The van der Waals surface area contributed by atoms with Gasteiger partial charge in [0.1, 0.15) is 0 Å². The first-order chi connectivity index (χ1) is 14.1. The van der Waals surface area contributed by atoms with Crippen molar-refractivity contribution in [3.8, 4) is 28.7 Å². The summed E-state index contributed by atoms with van der Waals surface area (Å²) in [7, 11) is 7.82. The van der Waals surface area contributed by atoms with Gasteiger partial charge >= 0.3 is 0 Å². The predicted octanol–water partition coefficient (Wildman–Crippen LogP) is 3.10. The number of nitrogens with one attached hydrogen (secondary N) is 1. The van der Waals surface area contributed by atoms with Crippen molar-refractivity contribution in [3.63, 3.8) is 0 Å². The Kier molecular flexibility index (Phi) is 8.21. The first kappa shape index (κ1) is 21.9. The number of hydrogen-bond acceptors (Lipinski definition) is 6. The fourth-order valence-electron chi connectivity index (χ4n) is 2.85. The third-order valence-corrected chi connectivity index (χ3v) is 4.31. The van der Waals surface area contributed by atoms with Crippen molar-refractivity contribution in [1.82, 2.24) is 5.32 Å². The SMILES string of the molecule is COc1ccc(CCNC(=O)C=Cc2ccc(OC)c(OC)c2OC)cc1OC. The zero-order valence-corrected chi connectivity index (χ0v) is 17.4. The van der Waals surface area contributed by atoms with E-state index in [-0.39, 0.29) is 5.91 Å². The number of ether oxygens (including phenoxy) is 5. The minimum atomic E-state index is -0.206. The zero-order valence-electron chi connectivity index (χ0n) is 17.4. The molecule has 0 heterocycles. The van der Waals surface area contributed by atoms with Gasteiger partial charge in [-0.2, -0.15) is 0 Å². The maximum atomic E-state index is 12.2. The van der Waals surface area contributed by atoms with Crippen LogP contribution >= 0.6 is 0 Å². The fraction of sp³-hybridized carbons (Fsp3) is 0.318. The molecule has 2 aromatic carbocycles. The van der Waals surface area contributed by atoms with Crippen LogP contribution in [0.3, 0.4) is 0 Å². The molecule has 0 radical (unpaired) electrons. The van der Waals surface area contributed by atoms with E-state index in [1.807, 2.05) is 18.2 Å². The molecule has 1 amide bonds. The van der Waals surface area contributed by atoms with Crippen molar-refractivity contribution < 1.29 is 28.5 Å². The lowest BCUT2D eigenvalue weighted by Crippen LogP contribution is -2.23. The molecule has 0 saturated carbocycles. The van der Waals surface area contributed by atoms with Gasteiger partial charge in [-0.3, -0.25) is 4.79 Å². The van der Waals surface area contributed by atoms with Gasteiger partial charge in [-0.05, 0) is 42.3 Å². The van der Waals surface area contributed by atoms with E-state index in [0.29, 0.717) is 47.3 Å². The minimum absolute atomic E-state index is 0.206. The quantitative estimate of drug-likeness (QED) is 0.617. The molecule has 0 fully saturated rings. The first-order valence-electron chi connectivity index (χ1n) is 9.03. The summed E-state index contributed by atoms with van der Waals surface area (Å²) in [5, 5.41) is 2.86. The van der Waals surface area contributed by atoms with Crippen LogP contribution in [0.5, 0.6) is 28.7 Å². The highest BCUT2D eigenvalue weighted by Crippen LogP contribution is 2.40. The summed E-state index contributed by atoms with van der Waals surface area (Å²) >= 11 is 0. The van der Waals surface area contributed by atoms with Crippen molar-refractivity contribution in [2.75, 3.05) is 42.1 Å². The van der Waals surface area contributed by atoms with Crippen molar-refractivity contribution in [2.45, 2.75) is 6.42 Å². The summed E-state index contributed by atoms with van der Waals surface area (Å²) in [4.78, 5) is 12.2. The molecule has 0 aliphatic rings. The van der Waals surface area contributed by atoms with Crippen molar-refractivity contribution in [2.24, 2.45) is 0 Å². The van der Waals surface area contributed by atoms with Gasteiger partial charge < -0.3 is 29.0 Å². The van der Waals surface area contributed by atoms with Gasteiger partial charge in [0.15, 0.2) is 23.0 Å². The van der Waals surface area contributed by atoms with Crippen LogP contribution in [-0.4, -0.2) is 48.0 Å². The van der Waals surface area contributed by atoms with E-state index in [2.05, 4.69) is 5.32 Å². The van der Waals surface area contributed by atoms with Crippen LogP contribution in [0.1, 0.15) is 11.1 Å². The summed E-state index contributed by atoms with van der Waals surface area (Å²) in [5.41, 5.74) is 1.74. The number of amides is 1. The number of carbonyl (C=O) groups excluding carboxylic acids is 1. The van der Waals surface area contributed by atoms with E-state index in [0.717, 1.165) is 5.56 Å². The molecule has 0 aliphatic heterocycles. The molecular weight excluding hydrogens is 374 g/mol. The lowest BCUT2D eigenvalue weighted by Gasteiger charge is -2.14. The van der Waals surface area contributed by atoms with Crippen molar-refractivity contribution in [3.05, 3.63) is 47.5 Å². The molecule has 0 aromatic heterocycles. The standard InChI is InChI=1S/C22H27NO6/c1-25-17-9-6-15(14-19(17)27-3)12-13-23-20(24)11-8-16-7-10-18(26-2)22(29-5)21(16)28-4/h6-11,14H,12-13H2,1-5H3,(H,23,24). The maximum absolute atomic E-state index is 12.2. The number of methoxy groups -OCH3 is 5. The Labute approximate surface area is 171 Å². The Morgan fingerprint density at radius 2 is 1.48 bits per heavy atom. The summed E-state index contributed by atoms with van der Waals surface area (Å²) < 4.78 is 26.5. The van der Waals surface area contributed by atoms with Crippen molar-refractivity contribution >= 4 is 12.0 Å². The van der Waals surface area contributed by atoms with E-state index < -0.39 is 0 Å². The smallest absolute Gasteiger partial charge is 0.244 e. The second-order valence-corrected chi connectivity index (χ2v) is 5.99. The second kappa shape index (κ2) is 10.8. The summed E-state index contributed by atoms with van der Waals surface area (Å²) in [6, 6.07) is 9.25. The van der Waals surface area contributed by atoms with Crippen LogP contribution < -0.4 is 29.0 Å². The molecule has 0 bridgehead atoms. The zero-order chi connectivity index (χ0) is 21.2. The Morgan fingerprint density at radius 1 is 0.828 bits per heavy atom. The largest absolute Gasteiger partial charge is 0.493 e. The Balaban J connectivity index is 1.98. The van der Waals surface area contributed by atoms with Crippen LogP contribution in [0.15, 0.2) is 36.4 Å². The highest BCUT2D eigenvalue weighted by atomic mass is 16.5. The lowest BCUT2D eigenvalue weighted by atomic mass is 10.1. The molecule has 0 unspecified atom stereocenters. The second-order valence-electron chi connectivity index (χ2n) is 5.99. The number of rotatable bonds is 10. The molecular formula is C22H27NO6. The third kappa shape index (κ3) is 5.57. The minimum Gasteiger partial charge on any atom is -0.493 e. The topological polar surface area (TPSA) is 75.3 Å². The van der Waals surface area contributed by atoms with Crippen LogP contribution in [0.2, 0.25) is 0 Å². The molecule has 29 heavy (non-hydrogen) atoms. The van der Waals surface area contributed by atoms with Gasteiger partial charge in [0, 0.05) is 18.2 Å². The van der Waals surface area contributed by atoms with E-state index in [1.54, 1.807) is 39.5 Å². The third-order valence-electron chi connectivity index (χ3n) is 4.31. The molecule has 2 rings (SSSR count). The van der Waals surface area contributed by atoms with Gasteiger partial charge in [-0.1, -0.05) is 6.07 Å². The average Bonchev–Trinajstić information content (AvgIpc) is 2.76. The van der Waals surface area contributed by atoms with Gasteiger partial charge in [-0.25, -0.2) is 0 Å². The molecule has 0 saturated heterocycles. The summed E-state index contributed by atoms with van der Waals surface area (Å²) in [6.45, 7) is 0.488. The number of hydrogen-bond donors (Lipinski definition) is 1.